The fourth-order valence-corrected chi connectivity index (χ4v) is 3.27. The highest BCUT2D eigenvalue weighted by Gasteiger charge is 2.38. The molecule has 5 nitrogen and oxygen atoms in total. The number of nitrogens with zero attached hydrogens (tertiary/aromatic N) is 2. The quantitative estimate of drug-likeness (QED) is 0.538. The Hall–Kier alpha value is -2.47. The number of aryl methyl sites for hydroxylation is 1. The van der Waals surface area contributed by atoms with Crippen LogP contribution in [0.3, 0.4) is 0 Å². The lowest BCUT2D eigenvalue weighted by Crippen LogP contribution is -2.17. The Bertz CT molecular complexity index is 869. The standard InChI is InChI=1S/C14H8N2O3S/c1-16-5-2-3-8(16)10-9-12(18)14-7(4-6-20-14)11(17)13(9)19-15-10/h2-6H,1H3. The van der Waals surface area contributed by atoms with E-state index in [4.69, 9.17) is 4.52 Å². The summed E-state index contributed by atoms with van der Waals surface area (Å²) >= 11 is 1.27. The van der Waals surface area contributed by atoms with Gasteiger partial charge in [0.05, 0.1) is 10.6 Å². The van der Waals surface area contributed by atoms with E-state index in [1.165, 1.54) is 11.3 Å². The average molecular weight is 284 g/mol. The molecule has 0 amide bonds. The topological polar surface area (TPSA) is 65.1 Å². The van der Waals surface area contributed by atoms with Gasteiger partial charge in [0.15, 0.2) is 0 Å². The summed E-state index contributed by atoms with van der Waals surface area (Å²) in [5.41, 5.74) is 1.84. The van der Waals surface area contributed by atoms with Crippen LogP contribution in [-0.2, 0) is 7.05 Å². The number of hydrogen-bond acceptors (Lipinski definition) is 5. The van der Waals surface area contributed by atoms with Gasteiger partial charge >= 0.3 is 0 Å². The largest absolute Gasteiger partial charge is 0.351 e. The van der Waals surface area contributed by atoms with E-state index in [1.54, 1.807) is 11.4 Å². The molecule has 0 fully saturated rings. The van der Waals surface area contributed by atoms with Crippen molar-refractivity contribution in [3.8, 4) is 11.4 Å². The molecular weight excluding hydrogens is 276 g/mol. The van der Waals surface area contributed by atoms with Crippen molar-refractivity contribution in [2.24, 2.45) is 7.05 Å². The molecule has 3 aromatic heterocycles. The Morgan fingerprint density at radius 3 is 2.85 bits per heavy atom. The number of fused-ring (bicyclic) bond motifs is 2. The van der Waals surface area contributed by atoms with Crippen molar-refractivity contribution in [2.75, 3.05) is 0 Å². The SMILES string of the molecule is Cn1cccc1-c1noc2c1C(=O)c1sccc1C2=O. The van der Waals surface area contributed by atoms with Gasteiger partial charge < -0.3 is 9.09 Å². The molecule has 0 saturated carbocycles. The first-order valence-electron chi connectivity index (χ1n) is 5.96. The van der Waals surface area contributed by atoms with Crippen molar-refractivity contribution in [2.45, 2.75) is 0 Å². The average Bonchev–Trinajstić information content (AvgIpc) is 3.14. The summed E-state index contributed by atoms with van der Waals surface area (Å²) in [6, 6.07) is 5.33. The predicted octanol–water partition coefficient (Wildman–Crippen LogP) is 2.52. The molecule has 0 radical (unpaired) electrons. The summed E-state index contributed by atoms with van der Waals surface area (Å²) in [4.78, 5) is 25.3. The van der Waals surface area contributed by atoms with Crippen LogP contribution in [0.15, 0.2) is 34.3 Å². The van der Waals surface area contributed by atoms with Gasteiger partial charge in [0.25, 0.3) is 0 Å². The van der Waals surface area contributed by atoms with Crippen LogP contribution in [0.4, 0.5) is 0 Å². The highest BCUT2D eigenvalue weighted by molar-refractivity contribution is 7.12. The Labute approximate surface area is 117 Å². The Morgan fingerprint density at radius 2 is 2.10 bits per heavy atom. The van der Waals surface area contributed by atoms with E-state index < -0.39 is 0 Å². The Morgan fingerprint density at radius 1 is 1.25 bits per heavy atom. The summed E-state index contributed by atoms with van der Waals surface area (Å²) in [7, 11) is 1.85. The molecule has 0 saturated heterocycles. The number of hydrogen-bond donors (Lipinski definition) is 0. The maximum atomic E-state index is 12.6. The molecular formula is C14H8N2O3S. The summed E-state index contributed by atoms with van der Waals surface area (Å²) in [6.07, 6.45) is 1.85. The van der Waals surface area contributed by atoms with Crippen LogP contribution in [-0.4, -0.2) is 21.3 Å². The van der Waals surface area contributed by atoms with E-state index in [0.717, 1.165) is 5.69 Å². The summed E-state index contributed by atoms with van der Waals surface area (Å²) in [5, 5.41) is 5.67. The summed E-state index contributed by atoms with van der Waals surface area (Å²) < 4.78 is 6.98. The molecule has 4 rings (SSSR count). The van der Waals surface area contributed by atoms with Gasteiger partial charge in [-0.2, -0.15) is 0 Å². The molecule has 20 heavy (non-hydrogen) atoms. The zero-order valence-corrected chi connectivity index (χ0v) is 11.2. The highest BCUT2D eigenvalue weighted by Crippen LogP contribution is 2.36. The molecule has 0 bridgehead atoms. The molecule has 0 atom stereocenters. The maximum Gasteiger partial charge on any atom is 0.233 e. The summed E-state index contributed by atoms with van der Waals surface area (Å²) in [6.45, 7) is 0. The number of ketones is 2. The highest BCUT2D eigenvalue weighted by atomic mass is 32.1. The van der Waals surface area contributed by atoms with E-state index in [9.17, 15) is 9.59 Å². The van der Waals surface area contributed by atoms with Crippen LogP contribution >= 0.6 is 11.3 Å². The third-order valence-corrected chi connectivity index (χ3v) is 4.34. The van der Waals surface area contributed by atoms with Crippen molar-refractivity contribution in [1.29, 1.82) is 0 Å². The summed E-state index contributed by atoms with van der Waals surface area (Å²) in [5.74, 6) is -0.428. The minimum atomic E-state index is -0.274. The van der Waals surface area contributed by atoms with Crippen molar-refractivity contribution >= 4 is 22.9 Å². The van der Waals surface area contributed by atoms with Crippen LogP contribution in [0.5, 0.6) is 0 Å². The monoisotopic (exact) mass is 284 g/mol. The lowest BCUT2D eigenvalue weighted by Gasteiger charge is -2.09. The first-order chi connectivity index (χ1) is 9.68. The number of carbonyl (C=O) groups is 2. The number of aromatic nitrogens is 2. The van der Waals surface area contributed by atoms with Crippen LogP contribution < -0.4 is 0 Å². The molecule has 6 heteroatoms. The smallest absolute Gasteiger partial charge is 0.233 e. The van der Waals surface area contributed by atoms with Crippen LogP contribution in [0, 0.1) is 0 Å². The minimum absolute atomic E-state index is 0.0390. The molecule has 0 unspecified atom stereocenters. The maximum absolute atomic E-state index is 12.6. The molecule has 1 aliphatic carbocycles. The number of rotatable bonds is 1. The number of carbonyl (C=O) groups excluding carboxylic acids is 2. The molecule has 3 aromatic rings. The third kappa shape index (κ3) is 1.28. The van der Waals surface area contributed by atoms with E-state index >= 15 is 0 Å². The van der Waals surface area contributed by atoms with Gasteiger partial charge in [0.1, 0.15) is 11.3 Å². The first-order valence-corrected chi connectivity index (χ1v) is 6.84. The predicted molar refractivity (Wildman–Crippen MR) is 72.1 cm³/mol. The molecule has 0 spiro atoms. The molecule has 98 valence electrons. The van der Waals surface area contributed by atoms with Crippen LogP contribution in [0.1, 0.15) is 31.4 Å². The second-order valence-corrected chi connectivity index (χ2v) is 5.48. The molecule has 0 aliphatic heterocycles. The lowest BCUT2D eigenvalue weighted by atomic mass is 9.93. The van der Waals surface area contributed by atoms with Gasteiger partial charge in [-0.3, -0.25) is 9.59 Å². The number of thiophene rings is 1. The fourth-order valence-electron chi connectivity index (χ4n) is 2.44. The van der Waals surface area contributed by atoms with E-state index in [1.807, 2.05) is 29.9 Å². The normalized spacial score (nSPS) is 13.4. The fraction of sp³-hybridized carbons (Fsp3) is 0.0714. The zero-order chi connectivity index (χ0) is 13.9. The van der Waals surface area contributed by atoms with Gasteiger partial charge in [-0.1, -0.05) is 5.16 Å². The Kier molecular flexibility index (Phi) is 2.14. The van der Waals surface area contributed by atoms with Crippen LogP contribution in [0.2, 0.25) is 0 Å². The third-order valence-electron chi connectivity index (χ3n) is 3.43. The lowest BCUT2D eigenvalue weighted by molar-refractivity contribution is 0.0958. The van der Waals surface area contributed by atoms with Crippen molar-refractivity contribution in [3.63, 3.8) is 0 Å². The van der Waals surface area contributed by atoms with Gasteiger partial charge in [-0.25, -0.2) is 0 Å². The van der Waals surface area contributed by atoms with Crippen LogP contribution in [0.25, 0.3) is 11.4 Å². The van der Waals surface area contributed by atoms with Gasteiger partial charge in [0.2, 0.25) is 17.3 Å². The second kappa shape index (κ2) is 3.77. The second-order valence-electron chi connectivity index (χ2n) is 4.56. The van der Waals surface area contributed by atoms with Gasteiger partial charge in [-0.15, -0.1) is 11.3 Å². The Balaban J connectivity index is 2.00. The van der Waals surface area contributed by atoms with Gasteiger partial charge in [-0.05, 0) is 23.6 Å². The van der Waals surface area contributed by atoms with Crippen molar-refractivity contribution in [3.05, 3.63) is 51.5 Å². The first kappa shape index (κ1) is 11.4. The van der Waals surface area contributed by atoms with Gasteiger partial charge in [0, 0.05) is 18.8 Å². The zero-order valence-electron chi connectivity index (χ0n) is 10.4. The molecule has 0 N–H and O–H groups in total. The van der Waals surface area contributed by atoms with E-state index in [0.29, 0.717) is 16.1 Å². The van der Waals surface area contributed by atoms with Crippen molar-refractivity contribution in [1.82, 2.24) is 9.72 Å². The van der Waals surface area contributed by atoms with E-state index in [2.05, 4.69) is 5.16 Å². The molecule has 0 aromatic carbocycles. The molecule has 1 aliphatic rings. The minimum Gasteiger partial charge on any atom is -0.351 e. The van der Waals surface area contributed by atoms with Crippen molar-refractivity contribution < 1.29 is 14.1 Å². The molecule has 3 heterocycles. The van der Waals surface area contributed by atoms with E-state index in [-0.39, 0.29) is 22.9 Å².